The predicted molar refractivity (Wildman–Crippen MR) is 83.9 cm³/mol. The molecule has 4 N–H and O–H groups in total. The molecule has 1 aliphatic carbocycles. The van der Waals surface area contributed by atoms with Gasteiger partial charge in [0.25, 0.3) is 0 Å². The van der Waals surface area contributed by atoms with Crippen molar-refractivity contribution >= 4 is 5.91 Å². The van der Waals surface area contributed by atoms with Crippen molar-refractivity contribution in [3.8, 4) is 5.75 Å². The van der Waals surface area contributed by atoms with Gasteiger partial charge < -0.3 is 16.2 Å². The average molecular weight is 290 g/mol. The number of hydrogen-bond acceptors (Lipinski definition) is 3. The topological polar surface area (TPSA) is 75.4 Å². The predicted octanol–water partition coefficient (Wildman–Crippen LogP) is 2.20. The molecule has 1 aliphatic rings. The SMILES string of the molecule is CC1CCC(NC(=O)C(N)Cc2ccc(O)cc2)C(C)C1. The number of rotatable bonds is 4. The molecule has 0 aromatic heterocycles. The van der Waals surface area contributed by atoms with Crippen LogP contribution in [0.1, 0.15) is 38.7 Å². The Morgan fingerprint density at radius 1 is 1.33 bits per heavy atom. The number of carbonyl (C=O) groups is 1. The molecule has 1 amide bonds. The normalized spacial score (nSPS) is 27.1. The second-order valence-electron chi connectivity index (χ2n) is 6.49. The summed E-state index contributed by atoms with van der Waals surface area (Å²) in [4.78, 5) is 12.2. The smallest absolute Gasteiger partial charge is 0.237 e. The van der Waals surface area contributed by atoms with Crippen molar-refractivity contribution in [1.82, 2.24) is 5.32 Å². The first-order chi connectivity index (χ1) is 9.95. The van der Waals surface area contributed by atoms with E-state index in [2.05, 4.69) is 19.2 Å². The molecule has 1 aromatic carbocycles. The van der Waals surface area contributed by atoms with Crippen LogP contribution in [0.25, 0.3) is 0 Å². The molecule has 0 radical (unpaired) electrons. The van der Waals surface area contributed by atoms with Gasteiger partial charge in [-0.1, -0.05) is 26.0 Å². The van der Waals surface area contributed by atoms with Gasteiger partial charge in [0.05, 0.1) is 6.04 Å². The zero-order valence-electron chi connectivity index (χ0n) is 12.9. The zero-order valence-corrected chi connectivity index (χ0v) is 12.9. The van der Waals surface area contributed by atoms with E-state index in [1.807, 2.05) is 0 Å². The van der Waals surface area contributed by atoms with Gasteiger partial charge in [0.2, 0.25) is 5.91 Å². The van der Waals surface area contributed by atoms with Crippen molar-refractivity contribution < 1.29 is 9.90 Å². The number of benzene rings is 1. The van der Waals surface area contributed by atoms with Gasteiger partial charge in [-0.15, -0.1) is 0 Å². The summed E-state index contributed by atoms with van der Waals surface area (Å²) in [5.74, 6) is 1.41. The Kier molecular flexibility index (Phi) is 5.23. The van der Waals surface area contributed by atoms with Crippen molar-refractivity contribution in [2.45, 2.75) is 51.6 Å². The molecule has 116 valence electrons. The Labute approximate surface area is 126 Å². The van der Waals surface area contributed by atoms with E-state index in [1.54, 1.807) is 24.3 Å². The maximum atomic E-state index is 12.2. The molecule has 1 saturated carbocycles. The van der Waals surface area contributed by atoms with Gasteiger partial charge >= 0.3 is 0 Å². The highest BCUT2D eigenvalue weighted by Crippen LogP contribution is 2.28. The lowest BCUT2D eigenvalue weighted by Crippen LogP contribution is -2.49. The first-order valence-electron chi connectivity index (χ1n) is 7.79. The van der Waals surface area contributed by atoms with E-state index < -0.39 is 6.04 Å². The van der Waals surface area contributed by atoms with E-state index in [0.717, 1.165) is 24.3 Å². The summed E-state index contributed by atoms with van der Waals surface area (Å²) in [6, 6.07) is 6.54. The summed E-state index contributed by atoms with van der Waals surface area (Å²) in [5.41, 5.74) is 6.96. The summed E-state index contributed by atoms with van der Waals surface area (Å²) >= 11 is 0. The standard InChI is InChI=1S/C17H26N2O2/c1-11-3-8-16(12(2)9-11)19-17(21)15(18)10-13-4-6-14(20)7-5-13/h4-7,11-12,15-16,20H,3,8-10,18H2,1-2H3,(H,19,21). The quantitative estimate of drug-likeness (QED) is 0.795. The van der Waals surface area contributed by atoms with E-state index in [1.165, 1.54) is 6.42 Å². The van der Waals surface area contributed by atoms with Crippen LogP contribution in [0, 0.1) is 11.8 Å². The minimum Gasteiger partial charge on any atom is -0.508 e. The van der Waals surface area contributed by atoms with Gasteiger partial charge in [-0.3, -0.25) is 4.79 Å². The van der Waals surface area contributed by atoms with Crippen LogP contribution in [-0.4, -0.2) is 23.1 Å². The first kappa shape index (κ1) is 15.8. The Morgan fingerprint density at radius 2 is 2.00 bits per heavy atom. The molecule has 1 fully saturated rings. The molecule has 0 bridgehead atoms. The van der Waals surface area contributed by atoms with Crippen molar-refractivity contribution in [2.24, 2.45) is 17.6 Å². The number of nitrogens with one attached hydrogen (secondary N) is 1. The fourth-order valence-corrected chi connectivity index (χ4v) is 3.15. The van der Waals surface area contributed by atoms with Crippen LogP contribution >= 0.6 is 0 Å². The zero-order chi connectivity index (χ0) is 15.4. The van der Waals surface area contributed by atoms with Crippen LogP contribution in [-0.2, 0) is 11.2 Å². The molecule has 4 atom stereocenters. The van der Waals surface area contributed by atoms with Crippen LogP contribution in [0.3, 0.4) is 0 Å². The highest BCUT2D eigenvalue weighted by atomic mass is 16.3. The van der Waals surface area contributed by atoms with E-state index >= 15 is 0 Å². The lowest BCUT2D eigenvalue weighted by atomic mass is 9.80. The van der Waals surface area contributed by atoms with Gasteiger partial charge in [0, 0.05) is 6.04 Å². The van der Waals surface area contributed by atoms with Gasteiger partial charge in [0.1, 0.15) is 5.75 Å². The molecule has 4 heteroatoms. The molecule has 0 spiro atoms. The monoisotopic (exact) mass is 290 g/mol. The molecule has 4 nitrogen and oxygen atoms in total. The van der Waals surface area contributed by atoms with Crippen LogP contribution in [0.2, 0.25) is 0 Å². The summed E-state index contributed by atoms with van der Waals surface area (Å²) in [6.45, 7) is 4.47. The molecule has 4 unspecified atom stereocenters. The number of amides is 1. The lowest BCUT2D eigenvalue weighted by molar-refractivity contribution is -0.123. The highest BCUT2D eigenvalue weighted by molar-refractivity contribution is 5.82. The Hall–Kier alpha value is -1.55. The van der Waals surface area contributed by atoms with Crippen LogP contribution < -0.4 is 11.1 Å². The molecule has 2 rings (SSSR count). The van der Waals surface area contributed by atoms with Crippen molar-refractivity contribution in [3.05, 3.63) is 29.8 Å². The minimum atomic E-state index is -0.541. The third-order valence-corrected chi connectivity index (χ3v) is 4.49. The van der Waals surface area contributed by atoms with Crippen LogP contribution in [0.15, 0.2) is 24.3 Å². The third-order valence-electron chi connectivity index (χ3n) is 4.49. The number of hydrogen-bond donors (Lipinski definition) is 3. The Morgan fingerprint density at radius 3 is 2.62 bits per heavy atom. The number of phenolic OH excluding ortho intramolecular Hbond substituents is 1. The molecule has 21 heavy (non-hydrogen) atoms. The Balaban J connectivity index is 1.86. The molecule has 1 aromatic rings. The highest BCUT2D eigenvalue weighted by Gasteiger charge is 2.27. The van der Waals surface area contributed by atoms with Crippen molar-refractivity contribution in [1.29, 1.82) is 0 Å². The van der Waals surface area contributed by atoms with Crippen LogP contribution in [0.5, 0.6) is 5.75 Å². The second kappa shape index (κ2) is 6.94. The number of phenols is 1. The average Bonchev–Trinajstić information content (AvgIpc) is 2.44. The van der Waals surface area contributed by atoms with Gasteiger partial charge in [-0.25, -0.2) is 0 Å². The van der Waals surface area contributed by atoms with E-state index in [9.17, 15) is 9.90 Å². The first-order valence-corrected chi connectivity index (χ1v) is 7.79. The summed E-state index contributed by atoms with van der Waals surface area (Å²) in [7, 11) is 0. The summed E-state index contributed by atoms with van der Waals surface area (Å²) in [5, 5.41) is 12.4. The second-order valence-corrected chi connectivity index (χ2v) is 6.49. The number of nitrogens with two attached hydrogens (primary N) is 1. The van der Waals surface area contributed by atoms with Crippen molar-refractivity contribution in [3.63, 3.8) is 0 Å². The van der Waals surface area contributed by atoms with Crippen molar-refractivity contribution in [2.75, 3.05) is 0 Å². The maximum absolute atomic E-state index is 12.2. The molecular formula is C17H26N2O2. The minimum absolute atomic E-state index is 0.0746. The van der Waals surface area contributed by atoms with Crippen LogP contribution in [0.4, 0.5) is 0 Å². The van der Waals surface area contributed by atoms with E-state index in [0.29, 0.717) is 12.3 Å². The lowest BCUT2D eigenvalue weighted by Gasteiger charge is -2.33. The number of carbonyl (C=O) groups excluding carboxylic acids is 1. The molecule has 0 saturated heterocycles. The van der Waals surface area contributed by atoms with E-state index in [4.69, 9.17) is 5.73 Å². The van der Waals surface area contributed by atoms with E-state index in [-0.39, 0.29) is 17.7 Å². The van der Waals surface area contributed by atoms with Gasteiger partial charge in [-0.05, 0) is 55.2 Å². The fourth-order valence-electron chi connectivity index (χ4n) is 3.15. The maximum Gasteiger partial charge on any atom is 0.237 e. The molecular weight excluding hydrogens is 264 g/mol. The fraction of sp³-hybridized carbons (Fsp3) is 0.588. The van der Waals surface area contributed by atoms with Gasteiger partial charge in [-0.2, -0.15) is 0 Å². The van der Waals surface area contributed by atoms with Gasteiger partial charge in [0.15, 0.2) is 0 Å². The third kappa shape index (κ3) is 4.46. The molecule has 0 aliphatic heterocycles. The number of aromatic hydroxyl groups is 1. The largest absolute Gasteiger partial charge is 0.508 e. The summed E-state index contributed by atoms with van der Waals surface area (Å²) < 4.78 is 0. The Bertz CT molecular complexity index is 472. The molecule has 0 heterocycles. The summed E-state index contributed by atoms with van der Waals surface area (Å²) in [6.07, 6.45) is 3.87.